The molecule has 2 aromatic heterocycles. The predicted octanol–water partition coefficient (Wildman–Crippen LogP) is 1.39. The highest BCUT2D eigenvalue weighted by Gasteiger charge is 2.23. The van der Waals surface area contributed by atoms with Crippen LogP contribution in [0, 0.1) is 11.3 Å². The molecule has 0 aliphatic heterocycles. The van der Waals surface area contributed by atoms with Gasteiger partial charge in [0.05, 0.1) is 17.8 Å². The van der Waals surface area contributed by atoms with Crippen LogP contribution in [0.5, 0.6) is 0 Å². The summed E-state index contributed by atoms with van der Waals surface area (Å²) in [7, 11) is -0.625. The fourth-order valence-corrected chi connectivity index (χ4v) is 3.48. The van der Waals surface area contributed by atoms with Crippen molar-refractivity contribution in [3.05, 3.63) is 59.9 Å². The van der Waals surface area contributed by atoms with Gasteiger partial charge in [0.25, 0.3) is 15.9 Å². The van der Waals surface area contributed by atoms with Crippen molar-refractivity contribution in [1.82, 2.24) is 14.1 Å². The summed E-state index contributed by atoms with van der Waals surface area (Å²) in [6, 6.07) is 11.5. The molecule has 0 bridgehead atoms. The lowest BCUT2D eigenvalue weighted by Crippen LogP contribution is -2.31. The van der Waals surface area contributed by atoms with Gasteiger partial charge in [0.15, 0.2) is 5.03 Å². The second-order valence-corrected chi connectivity index (χ2v) is 7.36. The Labute approximate surface area is 150 Å². The lowest BCUT2D eigenvalue weighted by Gasteiger charge is -2.14. The zero-order valence-corrected chi connectivity index (χ0v) is 14.9. The Balaban J connectivity index is 1.97. The summed E-state index contributed by atoms with van der Waals surface area (Å²) in [5, 5.41) is 8.97. The number of nitrogens with one attached hydrogen (secondary N) is 1. The van der Waals surface area contributed by atoms with E-state index in [1.54, 1.807) is 49.5 Å². The van der Waals surface area contributed by atoms with Crippen LogP contribution in [0.3, 0.4) is 0 Å². The number of benzene rings is 1. The van der Waals surface area contributed by atoms with Gasteiger partial charge in [-0.3, -0.25) is 9.20 Å². The van der Waals surface area contributed by atoms with Crippen molar-refractivity contribution >= 4 is 27.3 Å². The number of imidazole rings is 1. The Hall–Kier alpha value is -3.38. The van der Waals surface area contributed by atoms with Crippen LogP contribution in [-0.4, -0.2) is 37.8 Å². The first-order valence-electron chi connectivity index (χ1n) is 7.53. The minimum absolute atomic E-state index is 0.0742. The normalized spacial score (nSPS) is 11.1. The number of sulfonamides is 1. The molecule has 0 spiro atoms. The van der Waals surface area contributed by atoms with Gasteiger partial charge in [-0.25, -0.2) is 9.71 Å². The molecule has 3 rings (SSSR count). The lowest BCUT2D eigenvalue weighted by molar-refractivity contribution is 0.0981. The number of carbonyl (C=O) groups excluding carboxylic acids is 1. The molecule has 0 fully saturated rings. The summed E-state index contributed by atoms with van der Waals surface area (Å²) >= 11 is 0. The van der Waals surface area contributed by atoms with E-state index in [1.807, 2.05) is 10.8 Å². The van der Waals surface area contributed by atoms with E-state index >= 15 is 0 Å². The van der Waals surface area contributed by atoms with Crippen LogP contribution in [-0.2, 0) is 10.0 Å². The van der Waals surface area contributed by atoms with Crippen LogP contribution in [0.15, 0.2) is 53.8 Å². The topological polar surface area (TPSA) is 108 Å². The van der Waals surface area contributed by atoms with Gasteiger partial charge in [0, 0.05) is 31.5 Å². The summed E-state index contributed by atoms with van der Waals surface area (Å²) in [4.78, 5) is 18.2. The van der Waals surface area contributed by atoms with Gasteiger partial charge in [-0.05, 0) is 30.3 Å². The van der Waals surface area contributed by atoms with Crippen molar-refractivity contribution < 1.29 is 13.2 Å². The van der Waals surface area contributed by atoms with Crippen molar-refractivity contribution in [1.29, 1.82) is 5.26 Å². The molecule has 132 valence electrons. The maximum atomic E-state index is 12.6. The number of hydrogen-bond donors (Lipinski definition) is 1. The largest absolute Gasteiger partial charge is 0.378 e. The number of pyridine rings is 1. The van der Waals surface area contributed by atoms with Crippen molar-refractivity contribution in [2.45, 2.75) is 5.03 Å². The third-order valence-electron chi connectivity index (χ3n) is 3.71. The van der Waals surface area contributed by atoms with Crippen molar-refractivity contribution in [2.75, 3.05) is 19.0 Å². The first-order chi connectivity index (χ1) is 12.3. The summed E-state index contributed by atoms with van der Waals surface area (Å²) < 4.78 is 28.6. The van der Waals surface area contributed by atoms with Gasteiger partial charge in [-0.1, -0.05) is 6.07 Å². The molecule has 3 aromatic rings. The summed E-state index contributed by atoms with van der Waals surface area (Å²) in [5.74, 6) is -0.823. The predicted molar refractivity (Wildman–Crippen MR) is 95.3 cm³/mol. The maximum Gasteiger partial charge on any atom is 0.281 e. The molecule has 1 N–H and O–H groups in total. The Kier molecular flexibility index (Phi) is 4.36. The summed E-state index contributed by atoms with van der Waals surface area (Å²) in [6.45, 7) is 0. The van der Waals surface area contributed by atoms with Gasteiger partial charge in [0.2, 0.25) is 0 Å². The van der Waals surface area contributed by atoms with Crippen LogP contribution in [0.4, 0.5) is 5.69 Å². The molecule has 2 heterocycles. The minimum atomic E-state index is -4.14. The van der Waals surface area contributed by atoms with Crippen LogP contribution in [0.25, 0.3) is 5.65 Å². The minimum Gasteiger partial charge on any atom is -0.378 e. The zero-order chi connectivity index (χ0) is 18.9. The molecule has 1 aromatic carbocycles. The number of fused-ring (bicyclic) bond motifs is 1. The molecule has 0 radical (unpaired) electrons. The van der Waals surface area contributed by atoms with E-state index in [0.717, 1.165) is 0 Å². The fraction of sp³-hybridized carbons (Fsp3) is 0.118. The second-order valence-electron chi connectivity index (χ2n) is 5.73. The Morgan fingerprint density at radius 1 is 1.27 bits per heavy atom. The molecular weight excluding hydrogens is 354 g/mol. The first kappa shape index (κ1) is 17.4. The second kappa shape index (κ2) is 6.50. The molecule has 0 saturated carbocycles. The highest BCUT2D eigenvalue weighted by atomic mass is 32.2. The van der Waals surface area contributed by atoms with Crippen molar-refractivity contribution in [3.8, 4) is 6.07 Å². The maximum absolute atomic E-state index is 12.6. The number of amides is 1. The Morgan fingerprint density at radius 2 is 2.04 bits per heavy atom. The zero-order valence-electron chi connectivity index (χ0n) is 14.0. The number of rotatable bonds is 4. The van der Waals surface area contributed by atoms with Crippen LogP contribution in [0.2, 0.25) is 0 Å². The molecule has 0 saturated heterocycles. The van der Waals surface area contributed by atoms with Crippen LogP contribution in [0.1, 0.15) is 15.9 Å². The number of carbonyl (C=O) groups is 1. The van der Waals surface area contributed by atoms with E-state index in [1.165, 1.54) is 22.7 Å². The third kappa shape index (κ3) is 3.22. The molecular formula is C17H15N5O3S. The average Bonchev–Trinajstić information content (AvgIpc) is 3.05. The molecule has 0 aliphatic rings. The number of anilines is 1. The number of hydrogen-bond acceptors (Lipinski definition) is 6. The van der Waals surface area contributed by atoms with E-state index in [0.29, 0.717) is 11.3 Å². The van der Waals surface area contributed by atoms with E-state index < -0.39 is 15.9 Å². The standard InChI is InChI=1S/C17H15N5O3S/c1-21(2)14-8-12(10-18)7-13(9-14)17(23)20-26(24,25)16-11-19-15-5-3-4-6-22(15)16/h3-9,11H,1-2H3,(H,20,23). The Bertz CT molecular complexity index is 1140. The van der Waals surface area contributed by atoms with Gasteiger partial charge >= 0.3 is 0 Å². The third-order valence-corrected chi connectivity index (χ3v) is 5.02. The molecule has 0 aliphatic carbocycles. The number of aromatic nitrogens is 2. The van der Waals surface area contributed by atoms with Gasteiger partial charge in [0.1, 0.15) is 5.65 Å². The van der Waals surface area contributed by atoms with E-state index in [4.69, 9.17) is 5.26 Å². The van der Waals surface area contributed by atoms with Crippen molar-refractivity contribution in [3.63, 3.8) is 0 Å². The van der Waals surface area contributed by atoms with Gasteiger partial charge in [-0.2, -0.15) is 13.7 Å². The van der Waals surface area contributed by atoms with Crippen LogP contribution >= 0.6 is 0 Å². The molecule has 1 amide bonds. The van der Waals surface area contributed by atoms with Gasteiger partial charge in [-0.15, -0.1) is 0 Å². The quantitative estimate of drug-likeness (QED) is 0.745. The molecule has 26 heavy (non-hydrogen) atoms. The highest BCUT2D eigenvalue weighted by molar-refractivity contribution is 7.90. The number of nitrogens with zero attached hydrogens (tertiary/aromatic N) is 4. The van der Waals surface area contributed by atoms with E-state index in [9.17, 15) is 13.2 Å². The fourth-order valence-electron chi connectivity index (χ4n) is 2.41. The summed E-state index contributed by atoms with van der Waals surface area (Å²) in [6.07, 6.45) is 2.73. The first-order valence-corrected chi connectivity index (χ1v) is 9.02. The lowest BCUT2D eigenvalue weighted by atomic mass is 10.1. The average molecular weight is 369 g/mol. The molecule has 8 nitrogen and oxygen atoms in total. The van der Waals surface area contributed by atoms with E-state index in [-0.39, 0.29) is 16.2 Å². The highest BCUT2D eigenvalue weighted by Crippen LogP contribution is 2.18. The SMILES string of the molecule is CN(C)c1cc(C#N)cc(C(=O)NS(=O)(=O)c2cnc3ccccn23)c1. The van der Waals surface area contributed by atoms with Gasteiger partial charge < -0.3 is 4.90 Å². The number of nitriles is 1. The summed E-state index contributed by atoms with van der Waals surface area (Å²) in [5.41, 5.74) is 1.39. The molecule has 0 unspecified atom stereocenters. The monoisotopic (exact) mass is 369 g/mol. The van der Waals surface area contributed by atoms with E-state index in [2.05, 4.69) is 4.98 Å². The molecule has 0 atom stereocenters. The van der Waals surface area contributed by atoms with Crippen molar-refractivity contribution in [2.24, 2.45) is 0 Å². The Morgan fingerprint density at radius 3 is 2.73 bits per heavy atom. The molecule has 9 heteroatoms. The smallest absolute Gasteiger partial charge is 0.281 e. The van der Waals surface area contributed by atoms with Crippen LogP contribution < -0.4 is 9.62 Å².